The maximum absolute atomic E-state index is 3.61. The Morgan fingerprint density at radius 1 is 1.43 bits per heavy atom. The largest absolute Gasteiger partial charge is 0.309 e. The first-order chi connectivity index (χ1) is 10.1. The predicted molar refractivity (Wildman–Crippen MR) is 93.1 cm³/mol. The van der Waals surface area contributed by atoms with Gasteiger partial charge in [0.1, 0.15) is 0 Å². The number of hydrogen-bond acceptors (Lipinski definition) is 4. The fourth-order valence-electron chi connectivity index (χ4n) is 2.52. The molecule has 0 saturated heterocycles. The molecule has 2 heterocycles. The molecule has 0 bridgehead atoms. The maximum Gasteiger partial charge on any atom is 0.0413 e. The summed E-state index contributed by atoms with van der Waals surface area (Å²) in [7, 11) is 2.23. The molecule has 1 fully saturated rings. The molecule has 0 aliphatic heterocycles. The maximum atomic E-state index is 3.61. The summed E-state index contributed by atoms with van der Waals surface area (Å²) in [5, 5.41) is 5.77. The van der Waals surface area contributed by atoms with Crippen molar-refractivity contribution in [2.75, 3.05) is 7.05 Å². The number of rotatable bonds is 7. The van der Waals surface area contributed by atoms with Gasteiger partial charge in [-0.3, -0.25) is 4.90 Å². The van der Waals surface area contributed by atoms with E-state index in [1.165, 1.54) is 33.0 Å². The second kappa shape index (κ2) is 6.61. The average molecular weight is 321 g/mol. The van der Waals surface area contributed by atoms with E-state index in [9.17, 15) is 0 Å². The first-order valence-electron chi connectivity index (χ1n) is 7.68. The van der Waals surface area contributed by atoms with Gasteiger partial charge in [0, 0.05) is 39.8 Å². The molecule has 2 nitrogen and oxygen atoms in total. The van der Waals surface area contributed by atoms with Crippen LogP contribution >= 0.6 is 22.7 Å². The molecule has 1 atom stereocenters. The van der Waals surface area contributed by atoms with Crippen molar-refractivity contribution in [1.82, 2.24) is 10.2 Å². The molecule has 0 aromatic carbocycles. The third-order valence-electron chi connectivity index (χ3n) is 4.25. The molecule has 1 N–H and O–H groups in total. The molecule has 1 unspecified atom stereocenters. The van der Waals surface area contributed by atoms with Crippen molar-refractivity contribution in [2.45, 2.75) is 51.9 Å². The van der Waals surface area contributed by atoms with Crippen LogP contribution in [0.2, 0.25) is 0 Å². The number of nitrogens with zero attached hydrogens (tertiary/aromatic N) is 1. The molecule has 114 valence electrons. The van der Waals surface area contributed by atoms with Crippen molar-refractivity contribution in [2.24, 2.45) is 0 Å². The Balaban J connectivity index is 1.60. The van der Waals surface area contributed by atoms with Gasteiger partial charge >= 0.3 is 0 Å². The predicted octanol–water partition coefficient (Wildman–Crippen LogP) is 4.56. The summed E-state index contributed by atoms with van der Waals surface area (Å²) >= 11 is 3.80. The Hall–Kier alpha value is -0.680. The first kappa shape index (κ1) is 15.2. The van der Waals surface area contributed by atoms with E-state index >= 15 is 0 Å². The zero-order valence-electron chi connectivity index (χ0n) is 13.1. The molecule has 4 heteroatoms. The number of nitrogens with one attached hydrogen (secondary N) is 1. The highest BCUT2D eigenvalue weighted by atomic mass is 32.1. The summed E-state index contributed by atoms with van der Waals surface area (Å²) in [5.41, 5.74) is 1.48. The van der Waals surface area contributed by atoms with Gasteiger partial charge in [-0.05, 0) is 56.8 Å². The van der Waals surface area contributed by atoms with E-state index in [-0.39, 0.29) is 0 Å². The quantitative estimate of drug-likeness (QED) is 0.804. The van der Waals surface area contributed by atoms with Gasteiger partial charge in [0.2, 0.25) is 0 Å². The number of hydrogen-bond donors (Lipinski definition) is 1. The smallest absolute Gasteiger partial charge is 0.0413 e. The fraction of sp³-hybridized carbons (Fsp3) is 0.529. The fourth-order valence-corrected chi connectivity index (χ4v) is 4.37. The highest BCUT2D eigenvalue weighted by Gasteiger charge is 2.21. The van der Waals surface area contributed by atoms with Gasteiger partial charge in [-0.2, -0.15) is 0 Å². The summed E-state index contributed by atoms with van der Waals surface area (Å²) in [6, 6.07) is 8.04. The van der Waals surface area contributed by atoms with Crippen LogP contribution in [-0.2, 0) is 13.1 Å². The summed E-state index contributed by atoms with van der Waals surface area (Å²) < 4.78 is 0. The first-order valence-corrected chi connectivity index (χ1v) is 9.38. The van der Waals surface area contributed by atoms with Gasteiger partial charge in [0.15, 0.2) is 0 Å². The van der Waals surface area contributed by atoms with Gasteiger partial charge < -0.3 is 5.32 Å². The lowest BCUT2D eigenvalue weighted by molar-refractivity contribution is 0.256. The van der Waals surface area contributed by atoms with Crippen LogP contribution in [0.4, 0.5) is 0 Å². The molecule has 1 aliphatic carbocycles. The molecule has 0 radical (unpaired) electrons. The zero-order valence-corrected chi connectivity index (χ0v) is 14.7. The van der Waals surface area contributed by atoms with E-state index in [1.807, 2.05) is 22.7 Å². The van der Waals surface area contributed by atoms with Crippen LogP contribution in [-0.4, -0.2) is 18.0 Å². The van der Waals surface area contributed by atoms with E-state index in [1.54, 1.807) is 0 Å². The van der Waals surface area contributed by atoms with Crippen LogP contribution in [0.3, 0.4) is 0 Å². The van der Waals surface area contributed by atoms with Crippen molar-refractivity contribution < 1.29 is 0 Å². The van der Waals surface area contributed by atoms with Crippen molar-refractivity contribution in [3.05, 3.63) is 43.8 Å². The second-order valence-electron chi connectivity index (χ2n) is 6.06. The summed E-state index contributed by atoms with van der Waals surface area (Å²) in [5.74, 6) is 0. The molecular weight excluding hydrogens is 296 g/mol. The molecule has 21 heavy (non-hydrogen) atoms. The van der Waals surface area contributed by atoms with Gasteiger partial charge in [0.25, 0.3) is 0 Å². The van der Waals surface area contributed by atoms with Gasteiger partial charge in [0.05, 0.1) is 0 Å². The summed E-state index contributed by atoms with van der Waals surface area (Å²) in [6.07, 6.45) is 2.72. The number of aryl methyl sites for hydroxylation is 1. The second-order valence-corrected chi connectivity index (χ2v) is 8.38. The van der Waals surface area contributed by atoms with Crippen LogP contribution in [0.5, 0.6) is 0 Å². The molecule has 2 aromatic rings. The van der Waals surface area contributed by atoms with E-state index in [0.717, 1.165) is 19.1 Å². The Bertz CT molecular complexity index is 570. The van der Waals surface area contributed by atoms with Crippen molar-refractivity contribution in [3.8, 4) is 0 Å². The Kier molecular flexibility index (Phi) is 4.79. The van der Waals surface area contributed by atoms with Crippen LogP contribution in [0, 0.1) is 6.92 Å². The van der Waals surface area contributed by atoms with Crippen LogP contribution < -0.4 is 5.32 Å². The highest BCUT2D eigenvalue weighted by Crippen LogP contribution is 2.28. The standard InChI is InChI=1S/C17H24N2S2/c1-12(17-5-4-8-20-17)19(3)11-14-9-16(21-13(14)2)10-18-15-6-7-15/h4-5,8-9,12,15,18H,6-7,10-11H2,1-3H3. The molecule has 0 spiro atoms. The minimum atomic E-state index is 0.484. The lowest BCUT2D eigenvalue weighted by Gasteiger charge is -2.23. The summed E-state index contributed by atoms with van der Waals surface area (Å²) in [4.78, 5) is 6.83. The van der Waals surface area contributed by atoms with Crippen molar-refractivity contribution in [3.63, 3.8) is 0 Å². The van der Waals surface area contributed by atoms with E-state index < -0.39 is 0 Å². The Morgan fingerprint density at radius 3 is 2.90 bits per heavy atom. The normalized spacial score (nSPS) is 16.6. The van der Waals surface area contributed by atoms with Gasteiger partial charge in [-0.25, -0.2) is 0 Å². The van der Waals surface area contributed by atoms with Crippen molar-refractivity contribution >= 4 is 22.7 Å². The average Bonchev–Trinajstić information content (AvgIpc) is 3.00. The van der Waals surface area contributed by atoms with E-state index in [2.05, 4.69) is 54.7 Å². The van der Waals surface area contributed by atoms with Crippen LogP contribution in [0.15, 0.2) is 23.6 Å². The van der Waals surface area contributed by atoms with E-state index in [4.69, 9.17) is 0 Å². The van der Waals surface area contributed by atoms with E-state index in [0.29, 0.717) is 6.04 Å². The molecule has 2 aromatic heterocycles. The van der Waals surface area contributed by atoms with Crippen LogP contribution in [0.1, 0.15) is 46.0 Å². The molecule has 1 saturated carbocycles. The molecule has 3 rings (SSSR count). The van der Waals surface area contributed by atoms with Gasteiger partial charge in [-0.15, -0.1) is 22.7 Å². The Labute approximate surface area is 135 Å². The van der Waals surface area contributed by atoms with Gasteiger partial charge in [-0.1, -0.05) is 6.07 Å². The molecule has 0 amide bonds. The molecule has 1 aliphatic rings. The van der Waals surface area contributed by atoms with Crippen LogP contribution in [0.25, 0.3) is 0 Å². The number of thiophene rings is 2. The topological polar surface area (TPSA) is 15.3 Å². The lowest BCUT2D eigenvalue weighted by atomic mass is 10.2. The highest BCUT2D eigenvalue weighted by molar-refractivity contribution is 7.12. The SMILES string of the molecule is Cc1sc(CNC2CC2)cc1CN(C)C(C)c1cccs1. The third-order valence-corrected chi connectivity index (χ3v) is 6.39. The van der Waals surface area contributed by atoms with Crippen molar-refractivity contribution in [1.29, 1.82) is 0 Å². The molecular formula is C17H24N2S2. The zero-order chi connectivity index (χ0) is 14.8. The third kappa shape index (κ3) is 3.95. The lowest BCUT2D eigenvalue weighted by Crippen LogP contribution is -2.21. The summed E-state index contributed by atoms with van der Waals surface area (Å²) in [6.45, 7) is 6.62. The minimum Gasteiger partial charge on any atom is -0.309 e. The Morgan fingerprint density at radius 2 is 2.24 bits per heavy atom. The monoisotopic (exact) mass is 320 g/mol. The minimum absolute atomic E-state index is 0.484.